The van der Waals surface area contributed by atoms with Crippen molar-refractivity contribution in [3.05, 3.63) is 95.3 Å². The van der Waals surface area contributed by atoms with Gasteiger partial charge in [-0.15, -0.1) is 0 Å². The highest BCUT2D eigenvalue weighted by molar-refractivity contribution is 5.78. The summed E-state index contributed by atoms with van der Waals surface area (Å²) in [5.41, 5.74) is 3.42. The second-order valence-electron chi connectivity index (χ2n) is 7.54. The Labute approximate surface area is 170 Å². The first-order valence-corrected chi connectivity index (χ1v) is 10.0. The second kappa shape index (κ2) is 8.95. The molecule has 1 saturated heterocycles. The molecule has 1 aliphatic heterocycles. The predicted molar refractivity (Wildman–Crippen MR) is 110 cm³/mol. The number of aromatic nitrogens is 2. The number of rotatable bonds is 5. The van der Waals surface area contributed by atoms with Gasteiger partial charge in [0.1, 0.15) is 5.82 Å². The van der Waals surface area contributed by atoms with Gasteiger partial charge in [-0.1, -0.05) is 30.3 Å². The highest BCUT2D eigenvalue weighted by Gasteiger charge is 2.25. The van der Waals surface area contributed by atoms with Crippen LogP contribution in [0.3, 0.4) is 0 Å². The van der Waals surface area contributed by atoms with Crippen LogP contribution in [0.5, 0.6) is 0 Å². The molecule has 2 aromatic heterocycles. The number of likely N-dealkylation sites (tertiary alicyclic amines) is 1. The standard InChI is InChI=1S/C24H24FN3O/c25-22-10-2-1-7-19(22)15-21-9-3-11-23(27-21)20-8-5-13-28(17-20)24(29)14-18-6-4-12-26-16-18/h1-4,6-7,9-12,16,20H,5,8,13-15,17H2/t20-/m1/s1. The number of benzene rings is 1. The van der Waals surface area contributed by atoms with Gasteiger partial charge < -0.3 is 4.90 Å². The van der Waals surface area contributed by atoms with Gasteiger partial charge in [0, 0.05) is 49.2 Å². The summed E-state index contributed by atoms with van der Waals surface area (Å²) < 4.78 is 14.0. The average molecular weight is 389 g/mol. The van der Waals surface area contributed by atoms with Gasteiger partial charge in [0.25, 0.3) is 0 Å². The molecule has 1 atom stereocenters. The highest BCUT2D eigenvalue weighted by atomic mass is 19.1. The Bertz CT molecular complexity index is 977. The monoisotopic (exact) mass is 389 g/mol. The third-order valence-corrected chi connectivity index (χ3v) is 5.43. The van der Waals surface area contributed by atoms with Crippen molar-refractivity contribution < 1.29 is 9.18 Å². The van der Waals surface area contributed by atoms with Crippen LogP contribution in [0.25, 0.3) is 0 Å². The Kier molecular flexibility index (Phi) is 5.94. The van der Waals surface area contributed by atoms with Crippen molar-refractivity contribution >= 4 is 5.91 Å². The van der Waals surface area contributed by atoms with E-state index in [1.807, 2.05) is 41.3 Å². The molecule has 29 heavy (non-hydrogen) atoms. The van der Waals surface area contributed by atoms with Gasteiger partial charge in [-0.25, -0.2) is 4.39 Å². The first-order valence-electron chi connectivity index (χ1n) is 10.0. The van der Waals surface area contributed by atoms with E-state index in [1.54, 1.807) is 24.5 Å². The maximum atomic E-state index is 14.0. The van der Waals surface area contributed by atoms with Gasteiger partial charge in [0.15, 0.2) is 0 Å². The minimum absolute atomic E-state index is 0.130. The molecule has 0 spiro atoms. The lowest BCUT2D eigenvalue weighted by Gasteiger charge is -2.32. The van der Waals surface area contributed by atoms with Crippen LogP contribution >= 0.6 is 0 Å². The van der Waals surface area contributed by atoms with E-state index in [4.69, 9.17) is 4.98 Å². The molecule has 4 rings (SSSR count). The summed E-state index contributed by atoms with van der Waals surface area (Å²) >= 11 is 0. The number of hydrogen-bond donors (Lipinski definition) is 0. The number of hydrogen-bond acceptors (Lipinski definition) is 3. The fraction of sp³-hybridized carbons (Fsp3) is 0.292. The van der Waals surface area contributed by atoms with Gasteiger partial charge in [-0.3, -0.25) is 14.8 Å². The SMILES string of the molecule is O=C(Cc1cccnc1)N1CCC[C@@H](c2cccc(Cc3ccccc3F)n2)C1. The van der Waals surface area contributed by atoms with Gasteiger partial charge >= 0.3 is 0 Å². The van der Waals surface area contributed by atoms with Gasteiger partial charge in [-0.05, 0) is 48.2 Å². The van der Waals surface area contributed by atoms with Crippen LogP contribution in [0.1, 0.15) is 41.3 Å². The minimum Gasteiger partial charge on any atom is -0.342 e. The van der Waals surface area contributed by atoms with Crippen LogP contribution in [0.4, 0.5) is 4.39 Å². The molecule has 1 amide bonds. The molecule has 0 radical (unpaired) electrons. The van der Waals surface area contributed by atoms with E-state index in [-0.39, 0.29) is 17.6 Å². The second-order valence-corrected chi connectivity index (χ2v) is 7.54. The van der Waals surface area contributed by atoms with Crippen molar-refractivity contribution in [1.82, 2.24) is 14.9 Å². The first kappa shape index (κ1) is 19.2. The van der Waals surface area contributed by atoms with E-state index < -0.39 is 0 Å². The molecule has 5 heteroatoms. The smallest absolute Gasteiger partial charge is 0.227 e. The van der Waals surface area contributed by atoms with Crippen molar-refractivity contribution in [2.75, 3.05) is 13.1 Å². The van der Waals surface area contributed by atoms with Crippen LogP contribution < -0.4 is 0 Å². The quantitative estimate of drug-likeness (QED) is 0.658. The highest BCUT2D eigenvalue weighted by Crippen LogP contribution is 2.26. The first-order chi connectivity index (χ1) is 14.2. The molecule has 3 heterocycles. The lowest BCUT2D eigenvalue weighted by molar-refractivity contribution is -0.131. The molecule has 3 aromatic rings. The Morgan fingerprint density at radius 2 is 2.00 bits per heavy atom. The molecule has 0 aliphatic carbocycles. The molecule has 0 saturated carbocycles. The summed E-state index contributed by atoms with van der Waals surface area (Å²) in [4.78, 5) is 23.5. The lowest BCUT2D eigenvalue weighted by atomic mass is 9.93. The largest absolute Gasteiger partial charge is 0.342 e. The molecule has 0 N–H and O–H groups in total. The average Bonchev–Trinajstić information content (AvgIpc) is 2.76. The maximum absolute atomic E-state index is 14.0. The summed E-state index contributed by atoms with van der Waals surface area (Å²) in [6, 6.07) is 16.5. The third kappa shape index (κ3) is 4.86. The summed E-state index contributed by atoms with van der Waals surface area (Å²) in [5, 5.41) is 0. The van der Waals surface area contributed by atoms with E-state index in [9.17, 15) is 9.18 Å². The Hall–Kier alpha value is -3.08. The van der Waals surface area contributed by atoms with Gasteiger partial charge in [-0.2, -0.15) is 0 Å². The van der Waals surface area contributed by atoms with Crippen molar-refractivity contribution in [1.29, 1.82) is 0 Å². The van der Waals surface area contributed by atoms with Crippen molar-refractivity contribution in [3.8, 4) is 0 Å². The maximum Gasteiger partial charge on any atom is 0.227 e. The fourth-order valence-corrected chi connectivity index (χ4v) is 3.90. The zero-order valence-corrected chi connectivity index (χ0v) is 16.3. The Balaban J connectivity index is 1.44. The van der Waals surface area contributed by atoms with E-state index in [0.717, 1.165) is 36.3 Å². The summed E-state index contributed by atoms with van der Waals surface area (Å²) in [7, 11) is 0. The van der Waals surface area contributed by atoms with E-state index in [2.05, 4.69) is 4.98 Å². The van der Waals surface area contributed by atoms with Crippen molar-refractivity contribution in [2.24, 2.45) is 0 Å². The summed E-state index contributed by atoms with van der Waals surface area (Å²) in [6.07, 6.45) is 6.27. The summed E-state index contributed by atoms with van der Waals surface area (Å²) in [6.45, 7) is 1.46. The van der Waals surface area contributed by atoms with Crippen molar-refractivity contribution in [3.63, 3.8) is 0 Å². The normalized spacial score (nSPS) is 16.6. The molecule has 4 nitrogen and oxygen atoms in total. The predicted octanol–water partition coefficient (Wildman–Crippen LogP) is 4.16. The minimum atomic E-state index is -0.204. The van der Waals surface area contributed by atoms with Gasteiger partial charge in [0.05, 0.1) is 6.42 Å². The Morgan fingerprint density at radius 3 is 2.83 bits per heavy atom. The van der Waals surface area contributed by atoms with E-state index in [1.165, 1.54) is 6.07 Å². The number of nitrogens with zero attached hydrogens (tertiary/aromatic N) is 3. The van der Waals surface area contributed by atoms with Crippen LogP contribution in [0.15, 0.2) is 67.0 Å². The zero-order chi connectivity index (χ0) is 20.1. The van der Waals surface area contributed by atoms with Crippen molar-refractivity contribution in [2.45, 2.75) is 31.6 Å². The van der Waals surface area contributed by atoms with Crippen LogP contribution in [0.2, 0.25) is 0 Å². The molecule has 1 aromatic carbocycles. The van der Waals surface area contributed by atoms with Crippen LogP contribution in [-0.4, -0.2) is 33.9 Å². The number of carbonyl (C=O) groups excluding carboxylic acids is 1. The molecule has 148 valence electrons. The van der Waals surface area contributed by atoms with Crippen LogP contribution in [0, 0.1) is 5.82 Å². The third-order valence-electron chi connectivity index (χ3n) is 5.43. The molecule has 0 unspecified atom stereocenters. The molecule has 0 bridgehead atoms. The number of carbonyl (C=O) groups is 1. The number of piperidine rings is 1. The molecular weight excluding hydrogens is 365 g/mol. The molecular formula is C24H24FN3O. The van der Waals surface area contributed by atoms with Crippen LogP contribution in [-0.2, 0) is 17.6 Å². The van der Waals surface area contributed by atoms with E-state index in [0.29, 0.717) is 24.9 Å². The summed E-state index contributed by atoms with van der Waals surface area (Å²) in [5.74, 6) is 0.136. The molecule has 1 fully saturated rings. The Morgan fingerprint density at radius 1 is 1.10 bits per heavy atom. The number of pyridine rings is 2. The molecule has 1 aliphatic rings. The number of amides is 1. The zero-order valence-electron chi connectivity index (χ0n) is 16.3. The topological polar surface area (TPSA) is 46.1 Å². The number of halogens is 1. The van der Waals surface area contributed by atoms with E-state index >= 15 is 0 Å². The van der Waals surface area contributed by atoms with Gasteiger partial charge in [0.2, 0.25) is 5.91 Å². The fourth-order valence-electron chi connectivity index (χ4n) is 3.90. The lowest BCUT2D eigenvalue weighted by Crippen LogP contribution is -2.40.